The van der Waals surface area contributed by atoms with E-state index in [4.69, 9.17) is 4.57 Å². The first-order chi connectivity index (χ1) is 3.06. The quantitative estimate of drug-likeness (QED) is 0.325. The van der Waals surface area contributed by atoms with Crippen LogP contribution in [0.1, 0.15) is 0 Å². The monoisotopic (exact) mass is 132 g/mol. The van der Waals surface area contributed by atoms with Gasteiger partial charge in [0.25, 0.3) is 0 Å². The third-order valence-corrected chi connectivity index (χ3v) is 0.484. The zero-order valence-corrected chi connectivity index (χ0v) is 4.32. The van der Waals surface area contributed by atoms with Crippen LogP contribution in [-0.4, -0.2) is 7.11 Å². The topological polar surface area (TPSA) is 35.5 Å². The highest BCUT2D eigenvalue weighted by molar-refractivity contribution is 7.47. The lowest BCUT2D eigenvalue weighted by molar-refractivity contribution is -0.187. The van der Waals surface area contributed by atoms with Crippen LogP contribution in [0.25, 0.3) is 0 Å². The minimum Gasteiger partial charge on any atom is -0.229 e. The standard InChI is InChI=1S/CH3F2O3P/c1-5-6-7(2,3)4/h1H3. The Hall–Kier alpha value is 0.01000. The van der Waals surface area contributed by atoms with Gasteiger partial charge in [0.1, 0.15) is 0 Å². The van der Waals surface area contributed by atoms with Crippen LogP contribution in [0.4, 0.5) is 8.39 Å². The third kappa shape index (κ3) is 6.01. The van der Waals surface area contributed by atoms with E-state index in [1.807, 2.05) is 0 Å². The van der Waals surface area contributed by atoms with Crippen LogP contribution in [0.15, 0.2) is 0 Å². The van der Waals surface area contributed by atoms with Crippen molar-refractivity contribution in [1.29, 1.82) is 0 Å². The maximum absolute atomic E-state index is 10.9. The van der Waals surface area contributed by atoms with E-state index in [1.54, 1.807) is 0 Å². The molecule has 0 rings (SSSR count). The van der Waals surface area contributed by atoms with Crippen LogP contribution < -0.4 is 0 Å². The maximum Gasteiger partial charge on any atom is 0.579 e. The van der Waals surface area contributed by atoms with Crippen molar-refractivity contribution < 1.29 is 22.5 Å². The van der Waals surface area contributed by atoms with E-state index in [0.29, 0.717) is 0 Å². The van der Waals surface area contributed by atoms with Gasteiger partial charge < -0.3 is 0 Å². The molecule has 6 heteroatoms. The molecule has 0 aromatic heterocycles. The third-order valence-electron chi connectivity index (χ3n) is 0.161. The summed E-state index contributed by atoms with van der Waals surface area (Å²) in [4.78, 5) is 3.39. The molecular formula is CH3F2O3P. The smallest absolute Gasteiger partial charge is 0.229 e. The summed E-state index contributed by atoms with van der Waals surface area (Å²) in [6.07, 6.45) is 0. The van der Waals surface area contributed by atoms with E-state index in [2.05, 4.69) is 9.56 Å². The van der Waals surface area contributed by atoms with Crippen LogP contribution in [0.2, 0.25) is 0 Å². The molecule has 0 aromatic carbocycles. The molecule has 0 N–H and O–H groups in total. The molecule has 0 atom stereocenters. The van der Waals surface area contributed by atoms with E-state index < -0.39 is 7.99 Å². The number of halogens is 2. The van der Waals surface area contributed by atoms with E-state index >= 15 is 0 Å². The van der Waals surface area contributed by atoms with Crippen molar-refractivity contribution in [2.45, 2.75) is 0 Å². The number of rotatable bonds is 2. The largest absolute Gasteiger partial charge is 0.579 e. The summed E-state index contributed by atoms with van der Waals surface area (Å²) < 4.78 is 33.9. The van der Waals surface area contributed by atoms with Crippen LogP contribution in [0.5, 0.6) is 0 Å². The molecule has 0 aromatic rings. The van der Waals surface area contributed by atoms with E-state index in [0.717, 1.165) is 7.11 Å². The Morgan fingerprint density at radius 3 is 2.00 bits per heavy atom. The fourth-order valence-electron chi connectivity index (χ4n) is 0.0868. The van der Waals surface area contributed by atoms with Crippen molar-refractivity contribution >= 4 is 7.99 Å². The number of hydrogen-bond acceptors (Lipinski definition) is 3. The van der Waals surface area contributed by atoms with Gasteiger partial charge in [-0.05, 0) is 0 Å². The maximum atomic E-state index is 10.9. The molecule has 0 aliphatic heterocycles. The van der Waals surface area contributed by atoms with E-state index in [-0.39, 0.29) is 0 Å². The minimum atomic E-state index is -5.39. The summed E-state index contributed by atoms with van der Waals surface area (Å²) >= 11 is 0. The van der Waals surface area contributed by atoms with Crippen molar-refractivity contribution in [3.05, 3.63) is 0 Å². The van der Waals surface area contributed by atoms with Crippen molar-refractivity contribution in [2.24, 2.45) is 0 Å². The molecule has 0 saturated carbocycles. The van der Waals surface area contributed by atoms with E-state index in [9.17, 15) is 8.39 Å². The first-order valence-corrected chi connectivity index (χ1v) is 2.68. The summed E-state index contributed by atoms with van der Waals surface area (Å²) in [5.74, 6) is 0. The zero-order chi connectivity index (χ0) is 5.91. The van der Waals surface area contributed by atoms with Crippen molar-refractivity contribution in [3.63, 3.8) is 0 Å². The molecule has 0 amide bonds. The summed E-state index contributed by atoms with van der Waals surface area (Å²) in [6, 6.07) is 0. The lowest BCUT2D eigenvalue weighted by Crippen LogP contribution is -1.75. The molecule has 0 saturated heterocycles. The minimum absolute atomic E-state index is 0.853. The highest BCUT2D eigenvalue weighted by Crippen LogP contribution is 2.49. The molecule has 0 bridgehead atoms. The number of hydrogen-bond donors (Lipinski definition) is 0. The normalized spacial score (nSPS) is 11.9. The summed E-state index contributed by atoms with van der Waals surface area (Å²) in [5, 5.41) is 0. The Bertz CT molecular complexity index is 86.9. The second kappa shape index (κ2) is 2.35. The fraction of sp³-hybridized carbons (Fsp3) is 1.00. The summed E-state index contributed by atoms with van der Waals surface area (Å²) in [5.41, 5.74) is 0. The molecule has 0 aliphatic rings. The summed E-state index contributed by atoms with van der Waals surface area (Å²) in [7, 11) is -4.53. The van der Waals surface area contributed by atoms with E-state index in [1.165, 1.54) is 0 Å². The molecule has 0 spiro atoms. The Morgan fingerprint density at radius 2 is 2.00 bits per heavy atom. The summed E-state index contributed by atoms with van der Waals surface area (Å²) in [6.45, 7) is 0. The Kier molecular flexibility index (Phi) is 2.35. The second-order valence-electron chi connectivity index (χ2n) is 0.656. The van der Waals surface area contributed by atoms with Gasteiger partial charge in [0.15, 0.2) is 0 Å². The highest BCUT2D eigenvalue weighted by atomic mass is 31.2. The van der Waals surface area contributed by atoms with Gasteiger partial charge in [-0.2, -0.15) is 0 Å². The SMILES string of the molecule is COOP(=O)(F)F. The van der Waals surface area contributed by atoms with Gasteiger partial charge in [-0.1, -0.05) is 0 Å². The van der Waals surface area contributed by atoms with Gasteiger partial charge in [-0.3, -0.25) is 0 Å². The van der Waals surface area contributed by atoms with Gasteiger partial charge >= 0.3 is 7.99 Å². The van der Waals surface area contributed by atoms with Gasteiger partial charge in [0.2, 0.25) is 0 Å². The lowest BCUT2D eigenvalue weighted by atomic mass is 11.8. The predicted octanol–water partition coefficient (Wildman–Crippen LogP) is 1.61. The Balaban J connectivity index is 3.36. The van der Waals surface area contributed by atoms with Gasteiger partial charge in [-0.25, -0.2) is 9.45 Å². The molecule has 3 nitrogen and oxygen atoms in total. The second-order valence-corrected chi connectivity index (χ2v) is 1.63. The van der Waals surface area contributed by atoms with Gasteiger partial charge in [0.05, 0.1) is 7.11 Å². The van der Waals surface area contributed by atoms with Crippen LogP contribution in [0, 0.1) is 0 Å². The predicted molar refractivity (Wildman–Crippen MR) is 17.9 cm³/mol. The highest BCUT2D eigenvalue weighted by Gasteiger charge is 2.20. The molecule has 7 heavy (non-hydrogen) atoms. The lowest BCUT2D eigenvalue weighted by Gasteiger charge is -1.91. The van der Waals surface area contributed by atoms with Crippen LogP contribution >= 0.6 is 7.99 Å². The average molecular weight is 132 g/mol. The van der Waals surface area contributed by atoms with Gasteiger partial charge in [0, 0.05) is 0 Å². The van der Waals surface area contributed by atoms with Crippen LogP contribution in [0.3, 0.4) is 0 Å². The first-order valence-electron chi connectivity index (χ1n) is 1.28. The molecule has 44 valence electrons. The Labute approximate surface area is 38.8 Å². The molecule has 0 radical (unpaired) electrons. The molecule has 0 unspecified atom stereocenters. The zero-order valence-electron chi connectivity index (χ0n) is 3.43. The molecule has 0 aliphatic carbocycles. The first kappa shape index (κ1) is 7.01. The fourth-order valence-corrected chi connectivity index (χ4v) is 0.260. The molecule has 0 heterocycles. The van der Waals surface area contributed by atoms with Crippen LogP contribution in [-0.2, 0) is 14.1 Å². The average Bonchev–Trinajstić information content (AvgIpc) is 1.30. The molecule has 0 fully saturated rings. The molecular weight excluding hydrogens is 129 g/mol. The Morgan fingerprint density at radius 1 is 1.57 bits per heavy atom. The van der Waals surface area contributed by atoms with Crippen molar-refractivity contribution in [3.8, 4) is 0 Å². The van der Waals surface area contributed by atoms with Gasteiger partial charge in [-0.15, -0.1) is 13.1 Å². The van der Waals surface area contributed by atoms with Crippen molar-refractivity contribution in [1.82, 2.24) is 0 Å². The van der Waals surface area contributed by atoms with Crippen molar-refractivity contribution in [2.75, 3.05) is 7.11 Å².